The zero-order valence-electron chi connectivity index (χ0n) is 87.2. The largest absolute Gasteiger partial charge is 0.310 e. The minimum Gasteiger partial charge on any atom is -0.310 e. The molecule has 0 unspecified atom stereocenters. The minimum atomic E-state index is -1.79. The second-order valence-electron chi connectivity index (χ2n) is 26.6. The van der Waals surface area contributed by atoms with Crippen LogP contribution in [0.3, 0.4) is 0 Å². The summed E-state index contributed by atoms with van der Waals surface area (Å²) in [6.07, 6.45) is 0.0417. The molecule has 10 aromatic carbocycles. The van der Waals surface area contributed by atoms with E-state index in [1.54, 1.807) is 73.6 Å². The predicted molar refractivity (Wildman–Crippen MR) is 391 cm³/mol. The highest BCUT2D eigenvalue weighted by atomic mass is 79.9. The Balaban J connectivity index is 0.000000255. The molecular formula is C85H94BrCl2N. The van der Waals surface area contributed by atoms with Crippen LogP contribution in [0.15, 0.2) is 246 Å². The highest BCUT2D eigenvalue weighted by Crippen LogP contribution is 2.41. The molecule has 0 N–H and O–H groups in total. The second kappa shape index (κ2) is 28.5. The molecule has 4 heteroatoms. The van der Waals surface area contributed by atoms with E-state index in [-0.39, 0.29) is 175 Å². The van der Waals surface area contributed by atoms with Crippen LogP contribution < -0.4 is 4.90 Å². The summed E-state index contributed by atoms with van der Waals surface area (Å²) in [5, 5.41) is 0.414. The van der Waals surface area contributed by atoms with Crippen molar-refractivity contribution in [2.45, 2.75) is 163 Å². The van der Waals surface area contributed by atoms with Gasteiger partial charge in [0.15, 0.2) is 0 Å². The molecule has 10 rings (SSSR count). The summed E-state index contributed by atoms with van der Waals surface area (Å²) in [6.45, 7) is 27.6. The fraction of sp³-hybridized carbons (Fsp3) is 0.294. The van der Waals surface area contributed by atoms with Gasteiger partial charge in [0.25, 0.3) is 0 Å². The highest BCUT2D eigenvalue weighted by Gasteiger charge is 2.26. The molecule has 0 aliphatic rings. The van der Waals surface area contributed by atoms with E-state index in [0.29, 0.717) is 32.8 Å². The zero-order valence-corrected chi connectivity index (χ0v) is 56.3. The van der Waals surface area contributed by atoms with Gasteiger partial charge in [-0.15, -0.1) is 0 Å². The Morgan fingerprint density at radius 1 is 0.292 bits per heavy atom. The summed E-state index contributed by atoms with van der Waals surface area (Å²) in [5.74, 6) is 0. The predicted octanol–water partition coefficient (Wildman–Crippen LogP) is 25.2. The Morgan fingerprint density at radius 3 is 1.00 bits per heavy atom. The summed E-state index contributed by atoms with van der Waals surface area (Å²) in [4.78, 5) is 1.06. The molecule has 0 atom stereocenters. The lowest BCUT2D eigenvalue weighted by Gasteiger charge is -2.31. The number of halogens is 3. The lowest BCUT2D eigenvalue weighted by atomic mass is 9.78. The average Bonchev–Trinajstić information content (AvgIpc) is 0.714. The van der Waals surface area contributed by atoms with Gasteiger partial charge in [-0.05, 0) is 185 Å². The van der Waals surface area contributed by atoms with Gasteiger partial charge in [0.2, 0.25) is 0 Å². The van der Waals surface area contributed by atoms with Crippen LogP contribution in [0, 0.1) is 0 Å². The minimum absolute atomic E-state index is 0.0154. The molecule has 0 aromatic heterocycles. The molecule has 0 fully saturated rings. The average molecular weight is 1310 g/mol. The Bertz CT molecular complexity index is 5630. The maximum absolute atomic E-state index is 9.74. The number of hydrogen-bond donors (Lipinski definition) is 0. The summed E-state index contributed by atoms with van der Waals surface area (Å²) in [7, 11) is 0. The molecular weight excluding hydrogens is 1190 g/mol. The van der Waals surface area contributed by atoms with Crippen molar-refractivity contribution in [2.24, 2.45) is 0 Å². The van der Waals surface area contributed by atoms with Crippen LogP contribution in [0.5, 0.6) is 0 Å². The van der Waals surface area contributed by atoms with Crippen LogP contribution in [0.25, 0.3) is 0 Å². The molecule has 10 aromatic rings. The molecule has 0 saturated carbocycles. The Morgan fingerprint density at radius 2 is 0.618 bits per heavy atom. The van der Waals surface area contributed by atoms with Crippen LogP contribution in [0.2, 0.25) is 10.0 Å². The van der Waals surface area contributed by atoms with Crippen molar-refractivity contribution < 1.29 is 46.6 Å². The summed E-state index contributed by atoms with van der Waals surface area (Å²) >= 11 is 16.3. The first kappa shape index (κ1) is 35.6. The Kier molecular flexibility index (Phi) is 11.4. The first-order valence-electron chi connectivity index (χ1n) is 45.8. The van der Waals surface area contributed by atoms with Crippen molar-refractivity contribution >= 4 is 56.2 Å². The molecule has 0 bridgehead atoms. The second-order valence-corrected chi connectivity index (χ2v) is 28.3. The maximum Gasteiger partial charge on any atom is 0.0648 e. The van der Waals surface area contributed by atoms with E-state index >= 15 is 0 Å². The van der Waals surface area contributed by atoms with E-state index < -0.39 is 159 Å². The van der Waals surface area contributed by atoms with Gasteiger partial charge in [0.1, 0.15) is 0 Å². The van der Waals surface area contributed by atoms with E-state index in [0.717, 1.165) is 4.90 Å². The van der Waals surface area contributed by atoms with Gasteiger partial charge in [0.05, 0.1) is 46.6 Å². The lowest BCUT2D eigenvalue weighted by Crippen LogP contribution is -2.20. The highest BCUT2D eigenvalue weighted by molar-refractivity contribution is 9.10. The summed E-state index contributed by atoms with van der Waals surface area (Å²) in [6, 6.07) is -3.69. The van der Waals surface area contributed by atoms with Crippen LogP contribution in [0.1, 0.15) is 235 Å². The van der Waals surface area contributed by atoms with Crippen LogP contribution >= 0.6 is 39.1 Å². The van der Waals surface area contributed by atoms with Crippen LogP contribution in [-0.2, 0) is 51.8 Å². The van der Waals surface area contributed by atoms with E-state index in [4.69, 9.17) is 64.3 Å². The molecule has 0 aliphatic carbocycles. The lowest BCUT2D eigenvalue weighted by molar-refractivity contribution is 0.589. The van der Waals surface area contributed by atoms with Gasteiger partial charge < -0.3 is 4.90 Å². The molecule has 1 nitrogen and oxygen atoms in total. The first-order valence-corrected chi connectivity index (χ1v) is 30.4. The van der Waals surface area contributed by atoms with Gasteiger partial charge in [-0.25, -0.2) is 0 Å². The molecule has 0 saturated heterocycles. The first-order chi connectivity index (χ1) is 56.0. The van der Waals surface area contributed by atoms with E-state index in [2.05, 4.69) is 15.9 Å². The van der Waals surface area contributed by atoms with Gasteiger partial charge in [-0.3, -0.25) is 0 Å². The smallest absolute Gasteiger partial charge is 0.0648 e. The summed E-state index contributed by atoms with van der Waals surface area (Å²) in [5.41, 5.74) is -4.20. The van der Waals surface area contributed by atoms with Crippen molar-refractivity contribution in [3.63, 3.8) is 0 Å². The quantitative estimate of drug-likeness (QED) is 0.111. The number of hydrogen-bond acceptors (Lipinski definition) is 1. The van der Waals surface area contributed by atoms with E-state index in [1.807, 2.05) is 41.5 Å². The third-order valence-corrected chi connectivity index (χ3v) is 15.0. The third-order valence-electron chi connectivity index (χ3n) is 14.2. The van der Waals surface area contributed by atoms with Gasteiger partial charge in [0, 0.05) is 42.4 Å². The number of nitrogens with zero attached hydrogens (tertiary/aromatic N) is 1. The topological polar surface area (TPSA) is 3.24 Å². The van der Waals surface area contributed by atoms with Crippen molar-refractivity contribution in [2.75, 3.05) is 4.90 Å². The van der Waals surface area contributed by atoms with Crippen LogP contribution in [0.4, 0.5) is 17.1 Å². The molecule has 0 spiro atoms. The van der Waals surface area contributed by atoms with Crippen molar-refractivity contribution in [1.82, 2.24) is 0 Å². The SMILES string of the molecule is [2H]c1c([2H])c(C(C)(C)C)c([2H])c([2H])c1Cc1cc(Cl)cc(Cc2c([2H])c([2H])c(C(C)(C)C)c([2H])c2[2H])c1.[2H]c1c([2H])c([2H])c(C(C)(C)c2c([2H])c([2H])c([2H])c(Br)c2[2H])c([2H])c1[2H].[2H]c1c([2H])c([2H])c(C(C)(C)c2c([2H])c([2H])c([2H])c(N(c3cc(Cl)cc(Cc4c([2H])c([2H])c(C(C)(C)C)c([2H])c4[2H])c3)c3c([2H])c([2H])c(C(C)(C)C)c([2H])c3[2H])c2[2H])c([2H])c1[2H]. The zero-order chi connectivity index (χ0) is 94.1. The normalized spacial score (nSPS) is 17.5. The monoisotopic (exact) mass is 1310 g/mol. The molecule has 0 aliphatic heterocycles. The molecule has 0 heterocycles. The Labute approximate surface area is 602 Å². The van der Waals surface area contributed by atoms with Gasteiger partial charge >= 0.3 is 0 Å². The summed E-state index contributed by atoms with van der Waals surface area (Å²) < 4.78 is 292. The van der Waals surface area contributed by atoms with Crippen molar-refractivity contribution in [3.8, 4) is 0 Å². The van der Waals surface area contributed by atoms with Gasteiger partial charge in [-0.2, -0.15) is 0 Å². The molecule has 0 radical (unpaired) electrons. The van der Waals surface area contributed by atoms with Crippen LogP contribution in [-0.4, -0.2) is 0 Å². The standard InChI is InChI=1S/C42H46ClN.C28H33Cl.C15H15Br/c1-40(2,3)32-19-17-30(18-20-32)25-31-26-36(43)29-39(27-31)44(37-23-21-33(22-24-37)41(4,5)6)38-16-12-15-35(28-38)42(7,8)34-13-10-9-11-14-34;1-27(2,3)24-11-7-20(8-12-24)15-22-17-23(19-26(29)18-22)16-21-9-13-25(14-10-21)28(4,5)6;1-15(2,12-7-4-3-5-8-12)13-9-6-10-14(16)11-13/h9-24,26-29H,25H2,1-8H3;7-14,17-19H,15-16H2,1-6H3;3-11H,1-2H3/i9D,10D,11D,12D,13D,14D,15D,16D,17D,18D,19D,20D,21D,22D,23D,24D,28D;7D,8D,9D,10D,11D,12D,13D,14D;3D,4D,5D,6D,7D,8D,9D,10D,11D. The molecule has 89 heavy (non-hydrogen) atoms. The molecule has 460 valence electrons. The van der Waals surface area contributed by atoms with Crippen molar-refractivity contribution in [1.29, 1.82) is 0 Å². The number of benzene rings is 10. The number of anilines is 3. The van der Waals surface area contributed by atoms with Gasteiger partial charge in [-0.1, -0.05) is 325 Å². The fourth-order valence-corrected chi connectivity index (χ4v) is 9.56. The Hall–Kier alpha value is -6.94. The third kappa shape index (κ3) is 18.6. The van der Waals surface area contributed by atoms with Crippen molar-refractivity contribution in [3.05, 3.63) is 334 Å². The van der Waals surface area contributed by atoms with E-state index in [1.165, 1.54) is 32.0 Å². The maximum atomic E-state index is 9.74. The fourth-order valence-electron chi connectivity index (χ4n) is 8.73. The number of rotatable bonds is 13. The molecule has 0 amide bonds. The van der Waals surface area contributed by atoms with E-state index in [9.17, 15) is 5.48 Å².